The van der Waals surface area contributed by atoms with Crippen LogP contribution in [0.5, 0.6) is 0 Å². The zero-order valence-electron chi connectivity index (χ0n) is 16.4. The summed E-state index contributed by atoms with van der Waals surface area (Å²) in [4.78, 5) is 34.3. The lowest BCUT2D eigenvalue weighted by molar-refractivity contribution is -0.133. The number of rotatable bonds is 4. The molecule has 1 saturated heterocycles. The Morgan fingerprint density at radius 3 is 2.74 bits per heavy atom. The minimum absolute atomic E-state index is 0.0725. The van der Waals surface area contributed by atoms with Gasteiger partial charge in [0.05, 0.1) is 6.04 Å². The van der Waals surface area contributed by atoms with E-state index in [0.29, 0.717) is 37.0 Å². The second kappa shape index (κ2) is 6.98. The highest BCUT2D eigenvalue weighted by Gasteiger charge is 2.37. The number of carbonyl (C=O) groups excluding carboxylic acids is 2. The summed E-state index contributed by atoms with van der Waals surface area (Å²) in [5.41, 5.74) is 2.27. The highest BCUT2D eigenvalue weighted by molar-refractivity contribution is 5.93. The molecule has 27 heavy (non-hydrogen) atoms. The molecule has 0 N–H and O–H groups in total. The summed E-state index contributed by atoms with van der Waals surface area (Å²) in [5, 5.41) is 0. The molecule has 0 aromatic carbocycles. The second-order valence-corrected chi connectivity index (χ2v) is 8.32. The number of hydrogen-bond acceptors (Lipinski definition) is 3. The maximum Gasteiger partial charge on any atom is 0.274 e. The van der Waals surface area contributed by atoms with E-state index in [1.165, 1.54) is 12.8 Å². The Hall–Kier alpha value is -2.37. The molecule has 0 bridgehead atoms. The molecular weight excluding hydrogens is 340 g/mol. The molecule has 6 nitrogen and oxygen atoms in total. The first-order valence-electron chi connectivity index (χ1n) is 9.97. The Morgan fingerprint density at radius 1 is 1.30 bits per heavy atom. The molecule has 144 valence electrons. The molecule has 1 aliphatic heterocycles. The van der Waals surface area contributed by atoms with E-state index in [-0.39, 0.29) is 17.9 Å². The van der Waals surface area contributed by atoms with Crippen LogP contribution in [-0.2, 0) is 4.79 Å². The first-order chi connectivity index (χ1) is 12.9. The normalized spacial score (nSPS) is 21.2. The zero-order chi connectivity index (χ0) is 19.1. The van der Waals surface area contributed by atoms with Crippen molar-refractivity contribution < 1.29 is 9.59 Å². The SMILES string of the molecule is Cc1cccc2nc(C(=O)N3CCC(=O)N(CC4CC4)C(C(C)C)C3)cn12. The van der Waals surface area contributed by atoms with Crippen molar-refractivity contribution in [3.8, 4) is 0 Å². The molecule has 1 aliphatic carbocycles. The van der Waals surface area contributed by atoms with E-state index in [9.17, 15) is 9.59 Å². The first kappa shape index (κ1) is 18.0. The van der Waals surface area contributed by atoms with E-state index >= 15 is 0 Å². The van der Waals surface area contributed by atoms with E-state index in [1.807, 2.05) is 45.5 Å². The van der Waals surface area contributed by atoms with Gasteiger partial charge in [-0.25, -0.2) is 4.98 Å². The first-order valence-corrected chi connectivity index (χ1v) is 9.97. The van der Waals surface area contributed by atoms with Crippen molar-refractivity contribution in [1.82, 2.24) is 19.2 Å². The fourth-order valence-corrected chi connectivity index (χ4v) is 3.96. The standard InChI is InChI=1S/C21H28N4O2/c1-14(2)18-13-23(10-9-20(26)25(18)11-16-7-8-16)21(27)17-12-24-15(3)5-4-6-19(24)22-17/h4-6,12,14,16,18H,7-11,13H2,1-3H3. The largest absolute Gasteiger partial charge is 0.337 e. The minimum atomic E-state index is -0.0789. The number of aromatic nitrogens is 2. The molecule has 2 aromatic heterocycles. The second-order valence-electron chi connectivity index (χ2n) is 8.32. The average molecular weight is 368 g/mol. The van der Waals surface area contributed by atoms with Crippen LogP contribution >= 0.6 is 0 Å². The lowest BCUT2D eigenvalue weighted by Gasteiger charge is -2.34. The van der Waals surface area contributed by atoms with Gasteiger partial charge < -0.3 is 14.2 Å². The monoisotopic (exact) mass is 368 g/mol. The van der Waals surface area contributed by atoms with Crippen molar-refractivity contribution in [3.05, 3.63) is 35.8 Å². The quantitative estimate of drug-likeness (QED) is 0.834. The van der Waals surface area contributed by atoms with E-state index in [4.69, 9.17) is 0 Å². The van der Waals surface area contributed by atoms with Crippen molar-refractivity contribution >= 4 is 17.5 Å². The number of fused-ring (bicyclic) bond motifs is 1. The van der Waals surface area contributed by atoms with Crippen molar-refractivity contribution in [2.24, 2.45) is 11.8 Å². The van der Waals surface area contributed by atoms with Crippen LogP contribution in [0, 0.1) is 18.8 Å². The summed E-state index contributed by atoms with van der Waals surface area (Å²) in [7, 11) is 0. The number of imidazole rings is 1. The molecule has 2 aromatic rings. The van der Waals surface area contributed by atoms with Gasteiger partial charge in [-0.15, -0.1) is 0 Å². The molecule has 4 rings (SSSR count). The number of aryl methyl sites for hydroxylation is 1. The maximum absolute atomic E-state index is 13.2. The Morgan fingerprint density at radius 2 is 2.07 bits per heavy atom. The van der Waals surface area contributed by atoms with Gasteiger partial charge in [0.15, 0.2) is 0 Å². The number of carbonyl (C=O) groups is 2. The third-order valence-electron chi connectivity index (χ3n) is 5.85. The predicted octanol–water partition coefficient (Wildman–Crippen LogP) is 2.75. The molecular formula is C21H28N4O2. The summed E-state index contributed by atoms with van der Waals surface area (Å²) in [6.45, 7) is 8.17. The minimum Gasteiger partial charge on any atom is -0.337 e. The number of hydrogen-bond donors (Lipinski definition) is 0. The molecule has 1 unspecified atom stereocenters. The average Bonchev–Trinajstić information content (AvgIpc) is 3.37. The van der Waals surface area contributed by atoms with Crippen LogP contribution in [-0.4, -0.2) is 56.7 Å². The molecule has 2 aliphatic rings. The maximum atomic E-state index is 13.2. The van der Waals surface area contributed by atoms with Gasteiger partial charge in [-0.3, -0.25) is 9.59 Å². The van der Waals surface area contributed by atoms with Crippen LogP contribution in [0.15, 0.2) is 24.4 Å². The lowest BCUT2D eigenvalue weighted by atomic mass is 10.0. The van der Waals surface area contributed by atoms with Crippen molar-refractivity contribution in [2.75, 3.05) is 19.6 Å². The van der Waals surface area contributed by atoms with Crippen molar-refractivity contribution in [2.45, 2.75) is 46.1 Å². The molecule has 6 heteroatoms. The molecule has 1 atom stereocenters. The van der Waals surface area contributed by atoms with Crippen LogP contribution in [0.3, 0.4) is 0 Å². The van der Waals surface area contributed by atoms with Crippen LogP contribution in [0.1, 0.15) is 49.3 Å². The van der Waals surface area contributed by atoms with Crippen LogP contribution in [0.2, 0.25) is 0 Å². The predicted molar refractivity (Wildman–Crippen MR) is 104 cm³/mol. The third-order valence-corrected chi connectivity index (χ3v) is 5.85. The van der Waals surface area contributed by atoms with E-state index < -0.39 is 0 Å². The van der Waals surface area contributed by atoms with Gasteiger partial charge in [0.2, 0.25) is 5.91 Å². The Balaban J connectivity index is 1.59. The van der Waals surface area contributed by atoms with Gasteiger partial charge >= 0.3 is 0 Å². The van der Waals surface area contributed by atoms with Gasteiger partial charge in [0.25, 0.3) is 5.91 Å². The molecule has 0 spiro atoms. The smallest absolute Gasteiger partial charge is 0.274 e. The highest BCUT2D eigenvalue weighted by Crippen LogP contribution is 2.32. The number of pyridine rings is 1. The Kier molecular flexibility index (Phi) is 4.66. The van der Waals surface area contributed by atoms with Crippen LogP contribution < -0.4 is 0 Å². The number of amides is 2. The molecule has 1 saturated carbocycles. The molecule has 0 radical (unpaired) electrons. The van der Waals surface area contributed by atoms with Crippen molar-refractivity contribution in [1.29, 1.82) is 0 Å². The van der Waals surface area contributed by atoms with E-state index in [2.05, 4.69) is 18.8 Å². The fourth-order valence-electron chi connectivity index (χ4n) is 3.96. The Bertz CT molecular complexity index is 868. The lowest BCUT2D eigenvalue weighted by Crippen LogP contribution is -2.48. The van der Waals surface area contributed by atoms with Crippen LogP contribution in [0.25, 0.3) is 5.65 Å². The molecule has 2 fully saturated rings. The summed E-state index contributed by atoms with van der Waals surface area (Å²) in [6.07, 6.45) is 4.65. The van der Waals surface area contributed by atoms with Gasteiger partial charge in [0, 0.05) is 37.9 Å². The van der Waals surface area contributed by atoms with Gasteiger partial charge in [-0.05, 0) is 43.7 Å². The summed E-state index contributed by atoms with van der Waals surface area (Å²) < 4.78 is 1.94. The summed E-state index contributed by atoms with van der Waals surface area (Å²) >= 11 is 0. The Labute approximate surface area is 160 Å². The van der Waals surface area contributed by atoms with Gasteiger partial charge in [0.1, 0.15) is 11.3 Å². The van der Waals surface area contributed by atoms with Gasteiger partial charge in [-0.1, -0.05) is 19.9 Å². The molecule has 2 amide bonds. The van der Waals surface area contributed by atoms with E-state index in [0.717, 1.165) is 17.9 Å². The van der Waals surface area contributed by atoms with Gasteiger partial charge in [-0.2, -0.15) is 0 Å². The van der Waals surface area contributed by atoms with E-state index in [1.54, 1.807) is 0 Å². The highest BCUT2D eigenvalue weighted by atomic mass is 16.2. The third kappa shape index (κ3) is 3.57. The molecule has 3 heterocycles. The topological polar surface area (TPSA) is 57.9 Å². The summed E-state index contributed by atoms with van der Waals surface area (Å²) in [6, 6.07) is 5.92. The fraction of sp³-hybridized carbons (Fsp3) is 0.571. The zero-order valence-corrected chi connectivity index (χ0v) is 16.4. The van der Waals surface area contributed by atoms with Crippen LogP contribution in [0.4, 0.5) is 0 Å². The number of nitrogens with zero attached hydrogens (tertiary/aromatic N) is 4. The summed E-state index contributed by atoms with van der Waals surface area (Å²) in [5.74, 6) is 1.06. The van der Waals surface area contributed by atoms with Crippen molar-refractivity contribution in [3.63, 3.8) is 0 Å².